The zero-order chi connectivity index (χ0) is 12.6. The van der Waals surface area contributed by atoms with Gasteiger partial charge in [-0.05, 0) is 6.42 Å². The molecule has 1 aromatic rings. The summed E-state index contributed by atoms with van der Waals surface area (Å²) in [6.07, 6.45) is 0.0205. The molecule has 1 aliphatic heterocycles. The maximum Gasteiger partial charge on any atom is 0.316 e. The number of alkyl halides is 1. The van der Waals surface area contributed by atoms with Crippen LogP contribution in [0.2, 0.25) is 0 Å². The summed E-state index contributed by atoms with van der Waals surface area (Å²) in [4.78, 5) is 20.4. The van der Waals surface area contributed by atoms with Crippen molar-refractivity contribution in [2.75, 3.05) is 14.2 Å². The van der Waals surface area contributed by atoms with Gasteiger partial charge in [-0.1, -0.05) is 6.92 Å². The van der Waals surface area contributed by atoms with Gasteiger partial charge in [-0.15, -0.1) is 5.10 Å². The first kappa shape index (κ1) is 12.0. The third-order valence-electron chi connectivity index (χ3n) is 2.99. The van der Waals surface area contributed by atoms with Gasteiger partial charge in [-0.3, -0.25) is 9.63 Å². The number of hydroxylamine groups is 2. The summed E-state index contributed by atoms with van der Waals surface area (Å²) in [7, 11) is 2.83. The number of halogens is 1. The molecular formula is C10H15FN4O2. The van der Waals surface area contributed by atoms with Crippen molar-refractivity contribution in [2.24, 2.45) is 0 Å². The fourth-order valence-electron chi connectivity index (χ4n) is 1.92. The minimum Gasteiger partial charge on any atom is -0.274 e. The van der Waals surface area contributed by atoms with Gasteiger partial charge in [0.25, 0.3) is 0 Å². The average molecular weight is 242 g/mol. The van der Waals surface area contributed by atoms with Gasteiger partial charge in [0.05, 0.1) is 13.2 Å². The van der Waals surface area contributed by atoms with E-state index < -0.39 is 12.1 Å². The molecule has 0 aromatic carbocycles. The molecule has 1 aliphatic rings. The number of aromatic nitrogens is 3. The van der Waals surface area contributed by atoms with Crippen LogP contribution in [0.5, 0.6) is 0 Å². The van der Waals surface area contributed by atoms with Crippen LogP contribution in [0.4, 0.5) is 4.39 Å². The molecule has 6 nitrogen and oxygen atoms in total. The number of amides is 1. The van der Waals surface area contributed by atoms with Crippen LogP contribution in [0.3, 0.4) is 0 Å². The molecule has 0 saturated heterocycles. The van der Waals surface area contributed by atoms with E-state index in [1.54, 1.807) is 0 Å². The average Bonchev–Trinajstić information content (AvgIpc) is 2.88. The Kier molecular flexibility index (Phi) is 3.10. The SMILES string of the molecule is CCC1CC(F)c2nc(C(=O)N(C)OC)nn21. The molecule has 2 atom stereocenters. The number of hydrogen-bond donors (Lipinski definition) is 0. The summed E-state index contributed by atoms with van der Waals surface area (Å²) in [6.45, 7) is 1.96. The Bertz CT molecular complexity index is 434. The van der Waals surface area contributed by atoms with E-state index in [0.29, 0.717) is 6.42 Å². The topological polar surface area (TPSA) is 60.3 Å². The van der Waals surface area contributed by atoms with E-state index in [9.17, 15) is 9.18 Å². The molecule has 94 valence electrons. The molecule has 0 spiro atoms. The fraction of sp³-hybridized carbons (Fsp3) is 0.700. The lowest BCUT2D eigenvalue weighted by atomic mass is 10.1. The van der Waals surface area contributed by atoms with Crippen molar-refractivity contribution in [1.82, 2.24) is 19.8 Å². The second-order valence-electron chi connectivity index (χ2n) is 3.99. The van der Waals surface area contributed by atoms with Crippen LogP contribution in [0, 0.1) is 0 Å². The van der Waals surface area contributed by atoms with E-state index in [4.69, 9.17) is 4.84 Å². The van der Waals surface area contributed by atoms with Gasteiger partial charge in [0.2, 0.25) is 5.82 Å². The van der Waals surface area contributed by atoms with Crippen LogP contribution >= 0.6 is 0 Å². The summed E-state index contributed by atoms with van der Waals surface area (Å²) in [5.41, 5.74) is 0. The maximum atomic E-state index is 13.6. The number of carbonyl (C=O) groups excluding carboxylic acids is 1. The standard InChI is InChI=1S/C10H15FN4O2/c1-4-6-5-7(11)9-12-8(13-15(6)9)10(16)14(2)17-3/h6-7H,4-5H2,1-3H3. The van der Waals surface area contributed by atoms with E-state index in [0.717, 1.165) is 11.5 Å². The summed E-state index contributed by atoms with van der Waals surface area (Å²) >= 11 is 0. The molecular weight excluding hydrogens is 227 g/mol. The van der Waals surface area contributed by atoms with Crippen molar-refractivity contribution < 1.29 is 14.0 Å². The van der Waals surface area contributed by atoms with Gasteiger partial charge in [-0.25, -0.2) is 19.1 Å². The highest BCUT2D eigenvalue weighted by molar-refractivity contribution is 5.89. The lowest BCUT2D eigenvalue weighted by Crippen LogP contribution is -2.26. The Morgan fingerprint density at radius 2 is 2.41 bits per heavy atom. The van der Waals surface area contributed by atoms with Gasteiger partial charge >= 0.3 is 5.91 Å². The largest absolute Gasteiger partial charge is 0.316 e. The minimum atomic E-state index is -1.14. The molecule has 17 heavy (non-hydrogen) atoms. The highest BCUT2D eigenvalue weighted by Crippen LogP contribution is 2.36. The second-order valence-corrected chi connectivity index (χ2v) is 3.99. The van der Waals surface area contributed by atoms with E-state index in [-0.39, 0.29) is 17.7 Å². The van der Waals surface area contributed by atoms with E-state index in [1.165, 1.54) is 18.8 Å². The van der Waals surface area contributed by atoms with Crippen molar-refractivity contribution in [2.45, 2.75) is 32.0 Å². The van der Waals surface area contributed by atoms with E-state index in [2.05, 4.69) is 10.1 Å². The lowest BCUT2D eigenvalue weighted by Gasteiger charge is -2.11. The van der Waals surface area contributed by atoms with Gasteiger partial charge in [0, 0.05) is 13.5 Å². The van der Waals surface area contributed by atoms with Crippen molar-refractivity contribution in [3.05, 3.63) is 11.6 Å². The quantitative estimate of drug-likeness (QED) is 0.749. The predicted octanol–water partition coefficient (Wildman–Crippen LogP) is 1.28. The van der Waals surface area contributed by atoms with Crippen LogP contribution in [0.1, 0.15) is 48.4 Å². The molecule has 0 fully saturated rings. The summed E-state index contributed by atoms with van der Waals surface area (Å²) in [5.74, 6) is -0.258. The van der Waals surface area contributed by atoms with Crippen molar-refractivity contribution in [3.63, 3.8) is 0 Å². The van der Waals surface area contributed by atoms with E-state index >= 15 is 0 Å². The maximum absolute atomic E-state index is 13.6. The molecule has 1 amide bonds. The number of fused-ring (bicyclic) bond motifs is 1. The fourth-order valence-corrected chi connectivity index (χ4v) is 1.92. The van der Waals surface area contributed by atoms with Crippen molar-refractivity contribution in [3.8, 4) is 0 Å². The van der Waals surface area contributed by atoms with E-state index in [1.807, 2.05) is 6.92 Å². The van der Waals surface area contributed by atoms with Crippen LogP contribution in [-0.4, -0.2) is 39.9 Å². The molecule has 0 radical (unpaired) electrons. The monoisotopic (exact) mass is 242 g/mol. The molecule has 0 N–H and O–H groups in total. The Balaban J connectivity index is 2.29. The predicted molar refractivity (Wildman–Crippen MR) is 56.9 cm³/mol. The number of hydrogen-bond acceptors (Lipinski definition) is 4. The van der Waals surface area contributed by atoms with Gasteiger partial charge < -0.3 is 0 Å². The molecule has 0 saturated carbocycles. The normalized spacial score (nSPS) is 22.6. The molecule has 0 bridgehead atoms. The van der Waals surface area contributed by atoms with Crippen LogP contribution < -0.4 is 0 Å². The van der Waals surface area contributed by atoms with Crippen molar-refractivity contribution >= 4 is 5.91 Å². The van der Waals surface area contributed by atoms with Crippen molar-refractivity contribution in [1.29, 1.82) is 0 Å². The zero-order valence-corrected chi connectivity index (χ0v) is 10.1. The zero-order valence-electron chi connectivity index (χ0n) is 10.1. The second kappa shape index (κ2) is 4.40. The Morgan fingerprint density at radius 1 is 1.71 bits per heavy atom. The Labute approximate surface area is 98.3 Å². The van der Waals surface area contributed by atoms with Gasteiger partial charge in [0.1, 0.15) is 0 Å². The smallest absolute Gasteiger partial charge is 0.274 e. The molecule has 1 aromatic heterocycles. The van der Waals surface area contributed by atoms with Crippen LogP contribution in [-0.2, 0) is 4.84 Å². The summed E-state index contributed by atoms with van der Waals surface area (Å²) < 4.78 is 15.1. The number of nitrogens with zero attached hydrogens (tertiary/aromatic N) is 4. The molecule has 7 heteroatoms. The summed E-state index contributed by atoms with van der Waals surface area (Å²) in [5, 5.41) is 5.07. The molecule has 2 unspecified atom stereocenters. The number of carbonyl (C=O) groups is 1. The molecule has 2 rings (SSSR count). The van der Waals surface area contributed by atoms with Crippen LogP contribution in [0.25, 0.3) is 0 Å². The summed E-state index contributed by atoms with van der Waals surface area (Å²) in [6, 6.07) is -0.0121. The highest BCUT2D eigenvalue weighted by Gasteiger charge is 2.35. The van der Waals surface area contributed by atoms with Gasteiger partial charge in [0.15, 0.2) is 12.0 Å². The number of rotatable bonds is 3. The Hall–Kier alpha value is -1.50. The molecule has 0 aliphatic carbocycles. The first-order chi connectivity index (χ1) is 8.08. The first-order valence-corrected chi connectivity index (χ1v) is 5.51. The third-order valence-corrected chi connectivity index (χ3v) is 2.99. The Morgan fingerprint density at radius 3 is 3.00 bits per heavy atom. The highest BCUT2D eigenvalue weighted by atomic mass is 19.1. The molecule has 2 heterocycles. The third kappa shape index (κ3) is 1.90. The lowest BCUT2D eigenvalue weighted by molar-refractivity contribution is -0.0764. The van der Waals surface area contributed by atoms with Crippen LogP contribution in [0.15, 0.2) is 0 Å². The minimum absolute atomic E-state index is 0.0121. The van der Waals surface area contributed by atoms with Gasteiger partial charge in [-0.2, -0.15) is 0 Å². The first-order valence-electron chi connectivity index (χ1n) is 5.51.